The molecule has 0 fully saturated rings. The molecule has 1 N–H and O–H groups in total. The van der Waals surface area contributed by atoms with Crippen molar-refractivity contribution in [2.24, 2.45) is 5.92 Å². The summed E-state index contributed by atoms with van der Waals surface area (Å²) in [6.45, 7) is 5.88. The highest BCUT2D eigenvalue weighted by atomic mass is 28.2. The molecule has 0 rings (SSSR count). The second-order valence-corrected chi connectivity index (χ2v) is 5.46. The summed E-state index contributed by atoms with van der Waals surface area (Å²) in [6, 6.07) is 1.07. The van der Waals surface area contributed by atoms with Crippen molar-refractivity contribution >= 4 is 9.76 Å². The minimum absolute atomic E-state index is 0.220. The lowest BCUT2D eigenvalue weighted by molar-refractivity contribution is 0.0658. The number of rotatable bonds is 12. The Morgan fingerprint density at radius 1 is 1.41 bits per heavy atom. The maximum Gasteiger partial charge on any atom is 0.229 e. The molecule has 0 aliphatic heterocycles. The van der Waals surface area contributed by atoms with Crippen LogP contribution >= 0.6 is 0 Å². The van der Waals surface area contributed by atoms with Crippen LogP contribution in [-0.2, 0) is 9.16 Å². The molecule has 102 valence electrons. The zero-order valence-electron chi connectivity index (χ0n) is 11.4. The molecular weight excluding hydrogens is 234 g/mol. The highest BCUT2D eigenvalue weighted by molar-refractivity contribution is 6.26. The third-order valence-corrected chi connectivity index (χ3v) is 3.63. The molecule has 0 saturated carbocycles. The minimum Gasteiger partial charge on any atom is -0.421 e. The van der Waals surface area contributed by atoms with Crippen LogP contribution in [0.3, 0.4) is 0 Å². The van der Waals surface area contributed by atoms with Crippen molar-refractivity contribution in [3.63, 3.8) is 0 Å². The van der Waals surface area contributed by atoms with Gasteiger partial charge in [-0.05, 0) is 39.0 Å². The molecule has 0 aliphatic rings. The van der Waals surface area contributed by atoms with Gasteiger partial charge in [0, 0.05) is 26.2 Å². The Morgan fingerprint density at radius 2 is 2.18 bits per heavy atom. The molecule has 0 spiro atoms. The van der Waals surface area contributed by atoms with Gasteiger partial charge in [0.25, 0.3) is 0 Å². The van der Waals surface area contributed by atoms with E-state index in [9.17, 15) is 5.11 Å². The normalized spacial score (nSPS) is 13.2. The van der Waals surface area contributed by atoms with Crippen LogP contribution in [0.5, 0.6) is 0 Å². The van der Waals surface area contributed by atoms with Crippen molar-refractivity contribution in [3.05, 3.63) is 0 Å². The quantitative estimate of drug-likeness (QED) is 0.421. The van der Waals surface area contributed by atoms with Crippen LogP contribution in [0.1, 0.15) is 19.8 Å². The highest BCUT2D eigenvalue weighted by Crippen LogP contribution is 2.05. The Morgan fingerprint density at radius 3 is 2.76 bits per heavy atom. The van der Waals surface area contributed by atoms with E-state index in [1.807, 2.05) is 0 Å². The fourth-order valence-corrected chi connectivity index (χ4v) is 1.88. The molecule has 5 heteroatoms. The van der Waals surface area contributed by atoms with Gasteiger partial charge in [0.15, 0.2) is 0 Å². The van der Waals surface area contributed by atoms with Crippen LogP contribution in [-0.4, -0.2) is 66.8 Å². The number of hydrogen-bond acceptors (Lipinski definition) is 4. The lowest BCUT2D eigenvalue weighted by Crippen LogP contribution is -2.24. The fraction of sp³-hybridized carbons (Fsp3) is 1.00. The Balaban J connectivity index is 3.41. The summed E-state index contributed by atoms with van der Waals surface area (Å²) in [4.78, 5) is 2.25. The summed E-state index contributed by atoms with van der Waals surface area (Å²) in [6.07, 6.45) is 2.04. The third kappa shape index (κ3) is 10.9. The van der Waals surface area contributed by atoms with E-state index in [4.69, 9.17) is 9.16 Å². The average Bonchev–Trinajstić information content (AvgIpc) is 2.36. The number of aliphatic hydroxyl groups is 1. The second kappa shape index (κ2) is 12.5. The number of nitrogens with zero attached hydrogens (tertiary/aromatic N) is 1. The van der Waals surface area contributed by atoms with Gasteiger partial charge in [-0.3, -0.25) is 0 Å². The van der Waals surface area contributed by atoms with Gasteiger partial charge in [-0.1, -0.05) is 6.92 Å². The van der Waals surface area contributed by atoms with E-state index >= 15 is 0 Å². The molecule has 0 bridgehead atoms. The van der Waals surface area contributed by atoms with Gasteiger partial charge in [-0.25, -0.2) is 0 Å². The first kappa shape index (κ1) is 17.1. The highest BCUT2D eigenvalue weighted by Gasteiger charge is 2.08. The number of ether oxygens (including phenoxy) is 1. The molecule has 0 aromatic carbocycles. The van der Waals surface area contributed by atoms with Crippen LogP contribution in [0.25, 0.3) is 0 Å². The number of hydrogen-bond donors (Lipinski definition) is 1. The smallest absolute Gasteiger partial charge is 0.229 e. The SMILES string of the molecule is CCN(C)CCC(CO)COCCC[Si]OC. The third-order valence-electron chi connectivity index (χ3n) is 2.78. The molecule has 0 aromatic heterocycles. The molecule has 1 unspecified atom stereocenters. The van der Waals surface area contributed by atoms with E-state index in [0.717, 1.165) is 38.6 Å². The lowest BCUT2D eigenvalue weighted by atomic mass is 10.1. The maximum atomic E-state index is 9.24. The van der Waals surface area contributed by atoms with E-state index in [-0.39, 0.29) is 12.5 Å². The molecule has 0 amide bonds. The number of aliphatic hydroxyl groups excluding tert-OH is 1. The summed E-state index contributed by atoms with van der Waals surface area (Å²) in [7, 11) is 4.41. The Kier molecular flexibility index (Phi) is 12.6. The average molecular weight is 261 g/mol. The predicted octanol–water partition coefficient (Wildman–Crippen LogP) is 1.03. The Labute approximate surface area is 108 Å². The Hall–Kier alpha value is 0.0569. The van der Waals surface area contributed by atoms with Gasteiger partial charge in [0.2, 0.25) is 9.76 Å². The molecule has 1 atom stereocenters. The predicted molar refractivity (Wildman–Crippen MR) is 71.4 cm³/mol. The largest absolute Gasteiger partial charge is 0.421 e. The van der Waals surface area contributed by atoms with E-state index in [2.05, 4.69) is 18.9 Å². The summed E-state index contributed by atoms with van der Waals surface area (Å²) in [5, 5.41) is 9.24. The molecule has 4 nitrogen and oxygen atoms in total. The fourth-order valence-electron chi connectivity index (χ4n) is 1.39. The molecular formula is C12H27NO3Si. The van der Waals surface area contributed by atoms with Crippen LogP contribution < -0.4 is 0 Å². The summed E-state index contributed by atoms with van der Waals surface area (Å²) in [5.74, 6) is 0.272. The van der Waals surface area contributed by atoms with Crippen LogP contribution in [0.15, 0.2) is 0 Å². The van der Waals surface area contributed by atoms with Crippen LogP contribution in [0.2, 0.25) is 6.04 Å². The van der Waals surface area contributed by atoms with Gasteiger partial charge in [0.05, 0.1) is 6.61 Å². The maximum absolute atomic E-state index is 9.24. The first-order valence-electron chi connectivity index (χ1n) is 6.37. The van der Waals surface area contributed by atoms with Crippen LogP contribution in [0, 0.1) is 5.92 Å². The zero-order valence-corrected chi connectivity index (χ0v) is 12.4. The van der Waals surface area contributed by atoms with Gasteiger partial charge < -0.3 is 19.2 Å². The van der Waals surface area contributed by atoms with E-state index < -0.39 is 0 Å². The van der Waals surface area contributed by atoms with E-state index in [0.29, 0.717) is 16.4 Å². The van der Waals surface area contributed by atoms with Crippen molar-refractivity contribution in [2.75, 3.05) is 47.1 Å². The van der Waals surface area contributed by atoms with Gasteiger partial charge >= 0.3 is 0 Å². The van der Waals surface area contributed by atoms with E-state index in [1.165, 1.54) is 0 Å². The van der Waals surface area contributed by atoms with E-state index in [1.54, 1.807) is 7.11 Å². The first-order chi connectivity index (χ1) is 8.24. The first-order valence-corrected chi connectivity index (χ1v) is 7.49. The summed E-state index contributed by atoms with van der Waals surface area (Å²) in [5.41, 5.74) is 0. The standard InChI is InChI=1S/C12H27NO3Si/c1-4-13(2)7-6-12(10-14)11-16-8-5-9-17-15-3/h12,14H,4-11H2,1-3H3. The molecule has 0 heterocycles. The van der Waals surface area contributed by atoms with Crippen molar-refractivity contribution in [1.82, 2.24) is 4.90 Å². The molecule has 0 aliphatic carbocycles. The van der Waals surface area contributed by atoms with Crippen molar-refractivity contribution in [2.45, 2.75) is 25.8 Å². The lowest BCUT2D eigenvalue weighted by Gasteiger charge is -2.19. The van der Waals surface area contributed by atoms with Crippen LogP contribution in [0.4, 0.5) is 0 Å². The monoisotopic (exact) mass is 261 g/mol. The van der Waals surface area contributed by atoms with Gasteiger partial charge in [-0.2, -0.15) is 0 Å². The molecule has 0 aromatic rings. The Bertz CT molecular complexity index is 161. The molecule has 2 radical (unpaired) electrons. The second-order valence-electron chi connectivity index (χ2n) is 4.26. The van der Waals surface area contributed by atoms with Crippen molar-refractivity contribution < 1.29 is 14.3 Å². The molecule has 0 saturated heterocycles. The van der Waals surface area contributed by atoms with Gasteiger partial charge in [0.1, 0.15) is 0 Å². The van der Waals surface area contributed by atoms with Crippen molar-refractivity contribution in [3.8, 4) is 0 Å². The minimum atomic E-state index is 0.220. The zero-order chi connectivity index (χ0) is 12.9. The summed E-state index contributed by atoms with van der Waals surface area (Å²) >= 11 is 0. The van der Waals surface area contributed by atoms with Crippen molar-refractivity contribution in [1.29, 1.82) is 0 Å². The summed E-state index contributed by atoms with van der Waals surface area (Å²) < 4.78 is 10.6. The molecule has 17 heavy (non-hydrogen) atoms. The van der Waals surface area contributed by atoms with Gasteiger partial charge in [-0.15, -0.1) is 0 Å². The topological polar surface area (TPSA) is 41.9 Å².